The van der Waals surface area contributed by atoms with Crippen molar-refractivity contribution < 1.29 is 13.9 Å². The molecule has 1 aromatic heterocycles. The molecule has 8 heteroatoms. The zero-order valence-electron chi connectivity index (χ0n) is 20.2. The highest BCUT2D eigenvalue weighted by Gasteiger charge is 2.43. The van der Waals surface area contributed by atoms with E-state index in [1.807, 2.05) is 4.90 Å². The number of anilines is 1. The third-order valence-corrected chi connectivity index (χ3v) is 8.04. The summed E-state index contributed by atoms with van der Waals surface area (Å²) in [5, 5.41) is 0.563. The van der Waals surface area contributed by atoms with Crippen molar-refractivity contribution in [3.8, 4) is 5.75 Å². The van der Waals surface area contributed by atoms with E-state index in [9.17, 15) is 9.18 Å². The lowest BCUT2D eigenvalue weighted by Gasteiger charge is -2.32. The fraction of sp³-hybridized carbons (Fsp3) is 0.593. The Balaban J connectivity index is 1.02. The molecule has 0 N–H and O–H groups in total. The van der Waals surface area contributed by atoms with E-state index < -0.39 is 0 Å². The van der Waals surface area contributed by atoms with Gasteiger partial charge in [0.25, 0.3) is 0 Å². The van der Waals surface area contributed by atoms with Gasteiger partial charge in [0, 0.05) is 32.2 Å². The molecule has 0 unspecified atom stereocenters. The van der Waals surface area contributed by atoms with Crippen molar-refractivity contribution >= 4 is 23.5 Å². The fourth-order valence-electron chi connectivity index (χ4n) is 5.68. The Kier molecular flexibility index (Phi) is 7.71. The standard InChI is InChI=1S/C27H34ClFN4O2/c28-22-17-30-27(31-18-22)33-11-6-19(7-12-33)24-14-20(24)8-13-35-23-5-4-21(25(29)16-23)15-26(34)32-9-2-1-3-10-32/h4-5,16-20,24H,1-3,6-15H2/t20-,24-/m1/s1. The summed E-state index contributed by atoms with van der Waals surface area (Å²) < 4.78 is 20.4. The van der Waals surface area contributed by atoms with E-state index in [1.54, 1.807) is 24.5 Å². The van der Waals surface area contributed by atoms with Gasteiger partial charge in [-0.15, -0.1) is 0 Å². The first kappa shape index (κ1) is 24.3. The molecule has 0 bridgehead atoms. The van der Waals surface area contributed by atoms with Crippen molar-refractivity contribution in [1.29, 1.82) is 0 Å². The molecule has 2 aliphatic heterocycles. The average Bonchev–Trinajstić information content (AvgIpc) is 3.66. The van der Waals surface area contributed by atoms with Gasteiger partial charge in [-0.05, 0) is 74.3 Å². The van der Waals surface area contributed by atoms with Crippen molar-refractivity contribution in [1.82, 2.24) is 14.9 Å². The predicted octanol–water partition coefficient (Wildman–Crippen LogP) is 5.15. The van der Waals surface area contributed by atoms with Gasteiger partial charge in [0.2, 0.25) is 11.9 Å². The summed E-state index contributed by atoms with van der Waals surface area (Å²) >= 11 is 5.89. The maximum Gasteiger partial charge on any atom is 0.227 e. The van der Waals surface area contributed by atoms with Gasteiger partial charge < -0.3 is 14.5 Å². The summed E-state index contributed by atoms with van der Waals surface area (Å²) in [4.78, 5) is 25.2. The molecular formula is C27H34ClFN4O2. The van der Waals surface area contributed by atoms with Crippen LogP contribution in [0.3, 0.4) is 0 Å². The number of halogens is 2. The zero-order valence-corrected chi connectivity index (χ0v) is 20.9. The lowest BCUT2D eigenvalue weighted by Crippen LogP contribution is -2.36. The molecule has 1 saturated carbocycles. The number of amides is 1. The molecule has 0 spiro atoms. The summed E-state index contributed by atoms with van der Waals surface area (Å²) in [6, 6.07) is 4.92. The lowest BCUT2D eigenvalue weighted by atomic mass is 9.90. The second kappa shape index (κ2) is 11.1. The molecule has 2 atom stereocenters. The molecule has 2 saturated heterocycles. The van der Waals surface area contributed by atoms with Crippen LogP contribution in [-0.2, 0) is 11.2 Å². The number of ether oxygens (including phenoxy) is 1. The van der Waals surface area contributed by atoms with Crippen LogP contribution in [0.15, 0.2) is 30.6 Å². The van der Waals surface area contributed by atoms with Gasteiger partial charge in [-0.25, -0.2) is 14.4 Å². The van der Waals surface area contributed by atoms with Crippen LogP contribution in [0.5, 0.6) is 5.75 Å². The van der Waals surface area contributed by atoms with Gasteiger partial charge in [-0.2, -0.15) is 0 Å². The maximum absolute atomic E-state index is 14.6. The number of piperidine rings is 2. The zero-order chi connectivity index (χ0) is 24.2. The minimum Gasteiger partial charge on any atom is -0.493 e. The van der Waals surface area contributed by atoms with E-state index in [-0.39, 0.29) is 18.1 Å². The second-order valence-electron chi connectivity index (χ2n) is 10.2. The number of nitrogens with zero attached hydrogens (tertiary/aromatic N) is 4. The van der Waals surface area contributed by atoms with Crippen LogP contribution in [0, 0.1) is 23.6 Å². The number of likely N-dealkylation sites (tertiary alicyclic amines) is 1. The van der Waals surface area contributed by atoms with Gasteiger partial charge in [0.15, 0.2) is 0 Å². The monoisotopic (exact) mass is 500 g/mol. The van der Waals surface area contributed by atoms with Gasteiger partial charge in [-0.1, -0.05) is 17.7 Å². The fourth-order valence-corrected chi connectivity index (χ4v) is 5.78. The number of hydrogen-bond donors (Lipinski definition) is 0. The van der Waals surface area contributed by atoms with E-state index in [0.717, 1.165) is 76.1 Å². The topological polar surface area (TPSA) is 58.6 Å². The molecule has 3 fully saturated rings. The van der Waals surface area contributed by atoms with E-state index in [1.165, 1.54) is 18.9 Å². The molecular weight excluding hydrogens is 467 g/mol. The van der Waals surface area contributed by atoms with E-state index in [4.69, 9.17) is 16.3 Å². The predicted molar refractivity (Wildman–Crippen MR) is 134 cm³/mol. The number of benzene rings is 1. The van der Waals surface area contributed by atoms with Gasteiger partial charge in [0.05, 0.1) is 30.4 Å². The number of carbonyl (C=O) groups is 1. The Morgan fingerprint density at radius 2 is 1.83 bits per heavy atom. The van der Waals surface area contributed by atoms with Crippen LogP contribution in [0.4, 0.5) is 10.3 Å². The van der Waals surface area contributed by atoms with Crippen molar-refractivity contribution in [2.75, 3.05) is 37.7 Å². The number of aromatic nitrogens is 2. The molecule has 1 amide bonds. The molecule has 188 valence electrons. The number of hydrogen-bond acceptors (Lipinski definition) is 5. The molecule has 2 aromatic rings. The Morgan fingerprint density at radius 1 is 1.09 bits per heavy atom. The van der Waals surface area contributed by atoms with Crippen LogP contribution >= 0.6 is 11.6 Å². The van der Waals surface area contributed by atoms with Gasteiger partial charge in [-0.3, -0.25) is 4.79 Å². The molecule has 0 radical (unpaired) electrons. The summed E-state index contributed by atoms with van der Waals surface area (Å²) in [5.74, 6) is 3.19. The summed E-state index contributed by atoms with van der Waals surface area (Å²) in [5.41, 5.74) is 0.450. The smallest absolute Gasteiger partial charge is 0.227 e. The Hall–Kier alpha value is -2.41. The van der Waals surface area contributed by atoms with Gasteiger partial charge >= 0.3 is 0 Å². The summed E-state index contributed by atoms with van der Waals surface area (Å²) in [6.07, 6.45) is 11.3. The molecule has 5 rings (SSSR count). The number of rotatable bonds is 8. The third kappa shape index (κ3) is 6.24. The van der Waals surface area contributed by atoms with E-state index in [0.29, 0.717) is 28.9 Å². The van der Waals surface area contributed by atoms with Crippen LogP contribution in [-0.4, -0.2) is 53.6 Å². The van der Waals surface area contributed by atoms with Crippen LogP contribution in [0.2, 0.25) is 5.02 Å². The lowest BCUT2D eigenvalue weighted by molar-refractivity contribution is -0.131. The Bertz CT molecular complexity index is 1010. The van der Waals surface area contributed by atoms with Crippen molar-refractivity contribution in [3.05, 3.63) is 47.0 Å². The van der Waals surface area contributed by atoms with Crippen molar-refractivity contribution in [2.45, 2.75) is 51.4 Å². The van der Waals surface area contributed by atoms with E-state index >= 15 is 0 Å². The first-order chi connectivity index (χ1) is 17.1. The van der Waals surface area contributed by atoms with Crippen LogP contribution in [0.25, 0.3) is 0 Å². The minimum atomic E-state index is -0.353. The quantitative estimate of drug-likeness (QED) is 0.502. The third-order valence-electron chi connectivity index (χ3n) is 7.84. The molecule has 1 aliphatic carbocycles. The first-order valence-electron chi connectivity index (χ1n) is 13.0. The van der Waals surface area contributed by atoms with Crippen LogP contribution in [0.1, 0.15) is 50.5 Å². The highest BCUT2D eigenvalue weighted by Crippen LogP contribution is 2.49. The van der Waals surface area contributed by atoms with Crippen molar-refractivity contribution in [3.63, 3.8) is 0 Å². The first-order valence-corrected chi connectivity index (χ1v) is 13.4. The summed E-state index contributed by atoms with van der Waals surface area (Å²) in [7, 11) is 0. The molecule has 3 aliphatic rings. The Labute approximate surface area is 211 Å². The summed E-state index contributed by atoms with van der Waals surface area (Å²) in [6.45, 7) is 4.15. The van der Waals surface area contributed by atoms with Crippen LogP contribution < -0.4 is 9.64 Å². The molecule has 1 aromatic carbocycles. The highest BCUT2D eigenvalue weighted by molar-refractivity contribution is 6.30. The SMILES string of the molecule is O=C(Cc1ccc(OCC[C@@H]2C[C@@H]2C2CCN(c3ncc(Cl)cn3)CC2)cc1F)N1CCCCC1. The van der Waals surface area contributed by atoms with E-state index in [2.05, 4.69) is 14.9 Å². The normalized spacial score (nSPS) is 22.8. The number of carbonyl (C=O) groups excluding carboxylic acids is 1. The highest BCUT2D eigenvalue weighted by atomic mass is 35.5. The second-order valence-corrected chi connectivity index (χ2v) is 10.6. The largest absolute Gasteiger partial charge is 0.493 e. The van der Waals surface area contributed by atoms with Gasteiger partial charge in [0.1, 0.15) is 11.6 Å². The average molecular weight is 501 g/mol. The molecule has 35 heavy (non-hydrogen) atoms. The minimum absolute atomic E-state index is 0.0172. The Morgan fingerprint density at radius 3 is 2.54 bits per heavy atom. The molecule has 3 heterocycles. The maximum atomic E-state index is 14.6. The van der Waals surface area contributed by atoms with Crippen molar-refractivity contribution in [2.24, 2.45) is 17.8 Å². The molecule has 6 nitrogen and oxygen atoms in total.